The van der Waals surface area contributed by atoms with Crippen LogP contribution in [-0.4, -0.2) is 21.3 Å². The molecule has 21 heavy (non-hydrogen) atoms. The molecular weight excluding hydrogens is 264 g/mol. The lowest BCUT2D eigenvalue weighted by Crippen LogP contribution is -2.05. The highest BCUT2D eigenvalue weighted by Gasteiger charge is 2.15. The Labute approximate surface area is 125 Å². The number of nitriles is 1. The molecule has 1 aromatic heterocycles. The maximum absolute atomic E-state index is 11.7. The van der Waals surface area contributed by atoms with Gasteiger partial charge >= 0.3 is 0 Å². The molecule has 0 aliphatic heterocycles. The molecule has 1 fully saturated rings. The van der Waals surface area contributed by atoms with E-state index in [0.29, 0.717) is 24.2 Å². The molecule has 5 nitrogen and oxygen atoms in total. The quantitative estimate of drug-likeness (QED) is 0.614. The summed E-state index contributed by atoms with van der Waals surface area (Å²) < 4.78 is 1.80. The van der Waals surface area contributed by atoms with E-state index in [4.69, 9.17) is 0 Å². The number of aryl methyl sites for hydroxylation is 1. The third-order valence-corrected chi connectivity index (χ3v) is 3.74. The first kappa shape index (κ1) is 15.4. The third-order valence-electron chi connectivity index (χ3n) is 3.74. The van der Waals surface area contributed by atoms with Crippen LogP contribution in [0.5, 0.6) is 0 Å². The minimum Gasteiger partial charge on any atom is -0.299 e. The van der Waals surface area contributed by atoms with Gasteiger partial charge in [0.15, 0.2) is 5.82 Å². The molecule has 0 aromatic carbocycles. The molecular formula is C16H22N4O. The van der Waals surface area contributed by atoms with E-state index in [1.165, 1.54) is 0 Å². The van der Waals surface area contributed by atoms with Crippen LogP contribution >= 0.6 is 0 Å². The van der Waals surface area contributed by atoms with Gasteiger partial charge < -0.3 is 0 Å². The lowest BCUT2D eigenvalue weighted by Gasteiger charge is -2.06. The fraction of sp³-hybridized carbons (Fsp3) is 0.625. The first-order valence-corrected chi connectivity index (χ1v) is 7.78. The second kappa shape index (κ2) is 7.72. The zero-order valence-electron chi connectivity index (χ0n) is 12.6. The first-order valence-electron chi connectivity index (χ1n) is 7.78. The largest absolute Gasteiger partial charge is 0.299 e. The van der Waals surface area contributed by atoms with Crippen LogP contribution in [0.2, 0.25) is 0 Å². The van der Waals surface area contributed by atoms with Crippen molar-refractivity contribution < 1.29 is 4.79 Å². The topological polar surface area (TPSA) is 71.0 Å². The standard InChI is InChI=1S/C16H22N4O/c1-2-3-6-9-20-16(13(11-17)12-18-20)19-14-7-4-5-8-15(21)10-14/h12H,2-10H2,1H3. The molecule has 0 amide bonds. The van der Waals surface area contributed by atoms with E-state index in [1.54, 1.807) is 10.9 Å². The van der Waals surface area contributed by atoms with Crippen LogP contribution in [0.25, 0.3) is 0 Å². The van der Waals surface area contributed by atoms with Gasteiger partial charge in [-0.15, -0.1) is 0 Å². The van der Waals surface area contributed by atoms with Crippen LogP contribution < -0.4 is 0 Å². The smallest absolute Gasteiger partial charge is 0.168 e. The Bertz CT molecular complexity index is 565. The SMILES string of the molecule is CCCCCn1ncc(C#N)c1N=C1CCCCC(=O)C1. The summed E-state index contributed by atoms with van der Waals surface area (Å²) in [5.74, 6) is 0.875. The number of carbonyl (C=O) groups is 1. The van der Waals surface area contributed by atoms with E-state index in [-0.39, 0.29) is 5.78 Å². The maximum Gasteiger partial charge on any atom is 0.168 e. The molecule has 1 aromatic rings. The van der Waals surface area contributed by atoms with Gasteiger partial charge in [0.25, 0.3) is 0 Å². The van der Waals surface area contributed by atoms with E-state index >= 15 is 0 Å². The minimum absolute atomic E-state index is 0.252. The maximum atomic E-state index is 11.7. The summed E-state index contributed by atoms with van der Waals surface area (Å²) >= 11 is 0. The van der Waals surface area contributed by atoms with Gasteiger partial charge in [-0.3, -0.25) is 4.79 Å². The van der Waals surface area contributed by atoms with Crippen molar-refractivity contribution in [2.45, 2.75) is 64.8 Å². The molecule has 0 spiro atoms. The fourth-order valence-electron chi connectivity index (χ4n) is 2.55. The van der Waals surface area contributed by atoms with Gasteiger partial charge in [0.05, 0.1) is 6.20 Å². The molecule has 2 rings (SSSR count). The molecule has 1 aliphatic rings. The number of aromatic nitrogens is 2. The number of aliphatic imine (C=N–C) groups is 1. The van der Waals surface area contributed by atoms with E-state index in [2.05, 4.69) is 23.1 Å². The summed E-state index contributed by atoms with van der Waals surface area (Å²) in [6.45, 7) is 2.93. The molecule has 0 radical (unpaired) electrons. The third kappa shape index (κ3) is 4.25. The average molecular weight is 286 g/mol. The van der Waals surface area contributed by atoms with Crippen molar-refractivity contribution in [1.29, 1.82) is 5.26 Å². The van der Waals surface area contributed by atoms with Gasteiger partial charge in [0.2, 0.25) is 0 Å². The van der Waals surface area contributed by atoms with E-state index in [1.807, 2.05) is 0 Å². The number of carbonyl (C=O) groups excluding carboxylic acids is 1. The van der Waals surface area contributed by atoms with Crippen LogP contribution in [0.1, 0.15) is 63.9 Å². The zero-order valence-corrected chi connectivity index (χ0v) is 12.6. The molecule has 1 aliphatic carbocycles. The van der Waals surface area contributed by atoms with Crippen molar-refractivity contribution in [3.05, 3.63) is 11.8 Å². The average Bonchev–Trinajstić information content (AvgIpc) is 2.73. The highest BCUT2D eigenvalue weighted by molar-refractivity contribution is 6.03. The van der Waals surface area contributed by atoms with E-state index in [9.17, 15) is 10.1 Å². The Hall–Kier alpha value is -1.96. The molecule has 0 atom stereocenters. The van der Waals surface area contributed by atoms with Crippen molar-refractivity contribution in [2.24, 2.45) is 4.99 Å². The van der Waals surface area contributed by atoms with Crippen LogP contribution in [0, 0.1) is 11.3 Å². The fourth-order valence-corrected chi connectivity index (χ4v) is 2.55. The van der Waals surface area contributed by atoms with E-state index < -0.39 is 0 Å². The summed E-state index contributed by atoms with van der Waals surface area (Å²) in [6, 6.07) is 2.15. The molecule has 0 unspecified atom stereocenters. The van der Waals surface area contributed by atoms with Gasteiger partial charge in [0, 0.05) is 25.1 Å². The Balaban J connectivity index is 2.22. The van der Waals surface area contributed by atoms with Gasteiger partial charge in [-0.2, -0.15) is 10.4 Å². The number of rotatable bonds is 5. The van der Waals surface area contributed by atoms with Crippen molar-refractivity contribution in [3.63, 3.8) is 0 Å². The number of ketones is 1. The predicted octanol–water partition coefficient (Wildman–Crippen LogP) is 3.55. The summed E-state index contributed by atoms with van der Waals surface area (Å²) in [7, 11) is 0. The van der Waals surface area contributed by atoms with Crippen molar-refractivity contribution in [3.8, 4) is 6.07 Å². The minimum atomic E-state index is 0.252. The Kier molecular flexibility index (Phi) is 5.68. The van der Waals surface area contributed by atoms with Crippen molar-refractivity contribution in [1.82, 2.24) is 9.78 Å². The van der Waals surface area contributed by atoms with Crippen LogP contribution in [0.15, 0.2) is 11.2 Å². The van der Waals surface area contributed by atoms with Crippen LogP contribution in [-0.2, 0) is 11.3 Å². The summed E-state index contributed by atoms with van der Waals surface area (Å²) in [6.07, 6.45) is 8.74. The lowest BCUT2D eigenvalue weighted by atomic mass is 10.1. The highest BCUT2D eigenvalue weighted by Crippen LogP contribution is 2.22. The lowest BCUT2D eigenvalue weighted by molar-refractivity contribution is -0.117. The van der Waals surface area contributed by atoms with Crippen LogP contribution in [0.4, 0.5) is 5.82 Å². The summed E-state index contributed by atoms with van der Waals surface area (Å²) in [5, 5.41) is 13.5. The number of hydrogen-bond acceptors (Lipinski definition) is 4. The molecule has 0 bridgehead atoms. The molecule has 0 saturated heterocycles. The second-order valence-electron chi connectivity index (χ2n) is 5.52. The molecule has 5 heteroatoms. The Morgan fingerprint density at radius 2 is 2.19 bits per heavy atom. The first-order chi connectivity index (χ1) is 10.2. The summed E-state index contributed by atoms with van der Waals surface area (Å²) in [4.78, 5) is 16.3. The second-order valence-corrected chi connectivity index (χ2v) is 5.52. The number of unbranched alkanes of at least 4 members (excludes halogenated alkanes) is 2. The normalized spacial score (nSPS) is 17.7. The van der Waals surface area contributed by atoms with Crippen LogP contribution in [0.3, 0.4) is 0 Å². The zero-order chi connectivity index (χ0) is 15.1. The number of hydrogen-bond donors (Lipinski definition) is 0. The number of nitrogens with zero attached hydrogens (tertiary/aromatic N) is 4. The van der Waals surface area contributed by atoms with Crippen molar-refractivity contribution in [2.75, 3.05) is 0 Å². The Morgan fingerprint density at radius 1 is 1.38 bits per heavy atom. The van der Waals surface area contributed by atoms with E-state index in [0.717, 1.165) is 50.8 Å². The van der Waals surface area contributed by atoms with Gasteiger partial charge in [0.1, 0.15) is 17.4 Å². The Morgan fingerprint density at radius 3 is 2.95 bits per heavy atom. The van der Waals surface area contributed by atoms with Gasteiger partial charge in [-0.1, -0.05) is 19.8 Å². The van der Waals surface area contributed by atoms with Crippen molar-refractivity contribution >= 4 is 17.3 Å². The van der Waals surface area contributed by atoms with Gasteiger partial charge in [-0.05, 0) is 25.7 Å². The summed E-state index contributed by atoms with van der Waals surface area (Å²) in [5.41, 5.74) is 1.39. The predicted molar refractivity (Wildman–Crippen MR) is 81.7 cm³/mol. The monoisotopic (exact) mass is 286 g/mol. The highest BCUT2D eigenvalue weighted by atomic mass is 16.1. The molecule has 112 valence electrons. The molecule has 0 N–H and O–H groups in total. The molecule has 1 heterocycles. The number of Topliss-reactive ketones (excluding diaryl/α,β-unsaturated/α-hetero) is 1. The van der Waals surface area contributed by atoms with Gasteiger partial charge in [-0.25, -0.2) is 9.67 Å². The molecule has 1 saturated carbocycles.